The molecule has 20 heavy (non-hydrogen) atoms. The Hall–Kier alpha value is -1.91. The lowest BCUT2D eigenvalue weighted by atomic mass is 10.1. The first kappa shape index (κ1) is 14.5. The van der Waals surface area contributed by atoms with Crippen molar-refractivity contribution in [3.8, 4) is 11.5 Å². The maximum absolute atomic E-state index is 13.8. The molecule has 0 saturated heterocycles. The van der Waals surface area contributed by atoms with Gasteiger partial charge in [0.25, 0.3) is 0 Å². The Morgan fingerprint density at radius 3 is 2.70 bits per heavy atom. The molecule has 0 spiro atoms. The van der Waals surface area contributed by atoms with E-state index in [-0.39, 0.29) is 5.82 Å². The van der Waals surface area contributed by atoms with E-state index < -0.39 is 0 Å². The third-order valence-electron chi connectivity index (χ3n) is 2.91. The summed E-state index contributed by atoms with van der Waals surface area (Å²) in [5, 5.41) is 0. The largest absolute Gasteiger partial charge is 0.457 e. The van der Waals surface area contributed by atoms with Gasteiger partial charge in [0.05, 0.1) is 6.61 Å². The molecule has 0 aliphatic carbocycles. The third-order valence-corrected chi connectivity index (χ3v) is 2.91. The first-order valence-corrected chi connectivity index (χ1v) is 6.47. The minimum atomic E-state index is -0.291. The van der Waals surface area contributed by atoms with Crippen molar-refractivity contribution in [1.29, 1.82) is 0 Å². The van der Waals surface area contributed by atoms with Crippen LogP contribution in [0.1, 0.15) is 11.1 Å². The summed E-state index contributed by atoms with van der Waals surface area (Å²) in [7, 11) is 1.64. The van der Waals surface area contributed by atoms with Crippen molar-refractivity contribution < 1.29 is 13.9 Å². The Bertz CT molecular complexity index is 572. The van der Waals surface area contributed by atoms with Crippen molar-refractivity contribution in [3.05, 3.63) is 59.4 Å². The van der Waals surface area contributed by atoms with Crippen molar-refractivity contribution in [2.75, 3.05) is 13.7 Å². The molecule has 0 amide bonds. The molecule has 0 aromatic heterocycles. The van der Waals surface area contributed by atoms with Crippen LogP contribution in [0.5, 0.6) is 11.5 Å². The molecule has 2 aromatic carbocycles. The number of ether oxygens (including phenoxy) is 2. The second-order valence-electron chi connectivity index (χ2n) is 4.44. The summed E-state index contributed by atoms with van der Waals surface area (Å²) in [6.07, 6.45) is 0.444. The first-order valence-electron chi connectivity index (χ1n) is 6.47. The number of hydrogen-bond acceptors (Lipinski definition) is 3. The van der Waals surface area contributed by atoms with Gasteiger partial charge in [0.2, 0.25) is 0 Å². The summed E-state index contributed by atoms with van der Waals surface area (Å²) in [6.45, 7) is 0.886. The van der Waals surface area contributed by atoms with Crippen molar-refractivity contribution >= 4 is 0 Å². The third kappa shape index (κ3) is 3.56. The van der Waals surface area contributed by atoms with E-state index in [0.29, 0.717) is 36.6 Å². The molecular formula is C16H18FNO2. The van der Waals surface area contributed by atoms with E-state index in [1.165, 1.54) is 6.07 Å². The molecule has 0 heterocycles. The van der Waals surface area contributed by atoms with Crippen LogP contribution < -0.4 is 10.5 Å². The highest BCUT2D eigenvalue weighted by atomic mass is 19.1. The predicted molar refractivity (Wildman–Crippen MR) is 76.4 cm³/mol. The molecule has 0 unspecified atom stereocenters. The number of halogens is 1. The molecule has 0 atom stereocenters. The molecule has 0 bridgehead atoms. The second kappa shape index (κ2) is 7.03. The van der Waals surface area contributed by atoms with Gasteiger partial charge in [-0.2, -0.15) is 0 Å². The lowest BCUT2D eigenvalue weighted by Gasteiger charge is -2.12. The Kier molecular flexibility index (Phi) is 5.09. The first-order chi connectivity index (χ1) is 9.74. The van der Waals surface area contributed by atoms with E-state index in [4.69, 9.17) is 15.2 Å². The van der Waals surface area contributed by atoms with Gasteiger partial charge in [0, 0.05) is 12.7 Å². The summed E-state index contributed by atoms with van der Waals surface area (Å²) in [5.74, 6) is 0.870. The Balaban J connectivity index is 2.25. The van der Waals surface area contributed by atoms with Crippen molar-refractivity contribution in [3.63, 3.8) is 0 Å². The summed E-state index contributed by atoms with van der Waals surface area (Å²) in [4.78, 5) is 0. The van der Waals surface area contributed by atoms with Crippen LogP contribution in [0, 0.1) is 5.82 Å². The summed E-state index contributed by atoms with van der Waals surface area (Å²) >= 11 is 0. The molecule has 0 aliphatic rings. The van der Waals surface area contributed by atoms with Crippen molar-refractivity contribution in [1.82, 2.24) is 0 Å². The van der Waals surface area contributed by atoms with Crippen LogP contribution in [-0.4, -0.2) is 13.7 Å². The van der Waals surface area contributed by atoms with Crippen LogP contribution in [0.15, 0.2) is 42.5 Å². The minimum absolute atomic E-state index is 0.291. The van der Waals surface area contributed by atoms with Crippen LogP contribution in [0.3, 0.4) is 0 Å². The maximum Gasteiger partial charge on any atom is 0.133 e. The van der Waals surface area contributed by atoms with E-state index in [9.17, 15) is 4.39 Å². The van der Waals surface area contributed by atoms with Crippen LogP contribution in [0.25, 0.3) is 0 Å². The fourth-order valence-electron chi connectivity index (χ4n) is 2.01. The SMILES string of the molecule is COCc1cccc(Oc2cccc(F)c2CCN)c1. The van der Waals surface area contributed by atoms with Crippen molar-refractivity contribution in [2.24, 2.45) is 5.73 Å². The fraction of sp³-hybridized carbons (Fsp3) is 0.250. The smallest absolute Gasteiger partial charge is 0.133 e. The van der Waals surface area contributed by atoms with Crippen molar-refractivity contribution in [2.45, 2.75) is 13.0 Å². The van der Waals surface area contributed by atoms with Crippen LogP contribution in [0.2, 0.25) is 0 Å². The molecule has 4 heteroatoms. The number of hydrogen-bond donors (Lipinski definition) is 1. The number of benzene rings is 2. The highest BCUT2D eigenvalue weighted by Gasteiger charge is 2.10. The molecule has 2 rings (SSSR count). The number of nitrogens with two attached hydrogens (primary N) is 1. The van der Waals surface area contributed by atoms with Crippen LogP contribution in [-0.2, 0) is 17.8 Å². The summed E-state index contributed by atoms with van der Waals surface area (Å²) in [6, 6.07) is 12.3. The van der Waals surface area contributed by atoms with Gasteiger partial charge in [0.15, 0.2) is 0 Å². The molecule has 0 fully saturated rings. The Morgan fingerprint density at radius 1 is 1.15 bits per heavy atom. The zero-order chi connectivity index (χ0) is 14.4. The van der Waals surface area contributed by atoms with E-state index in [2.05, 4.69) is 0 Å². The topological polar surface area (TPSA) is 44.5 Å². The Morgan fingerprint density at radius 2 is 1.95 bits per heavy atom. The molecule has 3 nitrogen and oxygen atoms in total. The van der Waals surface area contributed by atoms with Gasteiger partial charge >= 0.3 is 0 Å². The average Bonchev–Trinajstić information content (AvgIpc) is 2.44. The van der Waals surface area contributed by atoms with Gasteiger partial charge in [-0.25, -0.2) is 4.39 Å². The molecule has 0 radical (unpaired) electrons. The Labute approximate surface area is 118 Å². The van der Waals surface area contributed by atoms with E-state index in [1.54, 1.807) is 19.2 Å². The maximum atomic E-state index is 13.8. The molecule has 2 N–H and O–H groups in total. The standard InChI is InChI=1S/C16H18FNO2/c1-19-11-12-4-2-5-13(10-12)20-16-7-3-6-15(17)14(16)8-9-18/h2-7,10H,8-9,11,18H2,1H3. The molecule has 0 aliphatic heterocycles. The molecule has 0 saturated carbocycles. The predicted octanol–water partition coefficient (Wildman–Crippen LogP) is 3.27. The normalized spacial score (nSPS) is 10.6. The zero-order valence-electron chi connectivity index (χ0n) is 11.4. The molecule has 2 aromatic rings. The van der Waals surface area contributed by atoms with Gasteiger partial charge in [-0.3, -0.25) is 0 Å². The highest BCUT2D eigenvalue weighted by Crippen LogP contribution is 2.28. The minimum Gasteiger partial charge on any atom is -0.457 e. The van der Waals surface area contributed by atoms with E-state index >= 15 is 0 Å². The lowest BCUT2D eigenvalue weighted by Crippen LogP contribution is -2.06. The molecule has 106 valence electrons. The molecular weight excluding hydrogens is 257 g/mol. The van der Waals surface area contributed by atoms with E-state index in [0.717, 1.165) is 5.56 Å². The van der Waals surface area contributed by atoms with E-state index in [1.807, 2.05) is 24.3 Å². The summed E-state index contributed by atoms with van der Waals surface area (Å²) < 4.78 is 24.6. The van der Waals surface area contributed by atoms with Gasteiger partial charge in [-0.1, -0.05) is 18.2 Å². The van der Waals surface area contributed by atoms with Gasteiger partial charge in [-0.15, -0.1) is 0 Å². The summed E-state index contributed by atoms with van der Waals surface area (Å²) in [5.41, 5.74) is 7.02. The van der Waals surface area contributed by atoms with Crippen LogP contribution >= 0.6 is 0 Å². The zero-order valence-corrected chi connectivity index (χ0v) is 11.4. The number of methoxy groups -OCH3 is 1. The van der Waals surface area contributed by atoms with Gasteiger partial charge < -0.3 is 15.2 Å². The van der Waals surface area contributed by atoms with Gasteiger partial charge in [-0.05, 0) is 42.8 Å². The fourth-order valence-corrected chi connectivity index (χ4v) is 2.01. The highest BCUT2D eigenvalue weighted by molar-refractivity contribution is 5.40. The number of rotatable bonds is 6. The van der Waals surface area contributed by atoms with Crippen LogP contribution in [0.4, 0.5) is 4.39 Å². The second-order valence-corrected chi connectivity index (χ2v) is 4.44. The van der Waals surface area contributed by atoms with Gasteiger partial charge in [0.1, 0.15) is 17.3 Å². The lowest BCUT2D eigenvalue weighted by molar-refractivity contribution is 0.184. The average molecular weight is 275 g/mol. The monoisotopic (exact) mass is 275 g/mol. The quantitative estimate of drug-likeness (QED) is 0.880.